The molecule has 4 aliphatic carbocycles. The highest BCUT2D eigenvalue weighted by Gasteiger charge is 2.66. The van der Waals surface area contributed by atoms with Gasteiger partial charge >= 0.3 is 0 Å². The van der Waals surface area contributed by atoms with Crippen molar-refractivity contribution >= 4 is 0 Å². The first-order chi connectivity index (χ1) is 39.4. The summed E-state index contributed by atoms with van der Waals surface area (Å²) < 4.78 is 58.8. The van der Waals surface area contributed by atoms with Crippen molar-refractivity contribution in [3.05, 3.63) is 0 Å². The minimum Gasteiger partial charge on any atom is -0.375 e. The average Bonchev–Trinajstić information content (AvgIpc) is 4.35. The summed E-state index contributed by atoms with van der Waals surface area (Å²) in [5.74, 6) is 2.03. The molecule has 9 fully saturated rings. The summed E-state index contributed by atoms with van der Waals surface area (Å²) in [6.07, 6.45) is 24.4. The molecule has 8 bridgehead atoms. The summed E-state index contributed by atoms with van der Waals surface area (Å²) in [6.45, 7) is 23.5. The second kappa shape index (κ2) is 32.9. The first-order valence-electron chi connectivity index (χ1n) is 34.4. The van der Waals surface area contributed by atoms with Crippen LogP contribution >= 0.6 is 0 Å². The second-order valence-electron chi connectivity index (χ2n) is 26.2. The van der Waals surface area contributed by atoms with Crippen LogP contribution in [0.4, 0.5) is 0 Å². The zero-order chi connectivity index (χ0) is 55.8. The summed E-state index contributed by atoms with van der Waals surface area (Å²) in [6, 6.07) is 0. The first-order valence-corrected chi connectivity index (χ1v) is 34.4. The largest absolute Gasteiger partial charge is 0.375 e. The maximum atomic E-state index is 7.46. The highest BCUT2D eigenvalue weighted by Crippen LogP contribution is 2.50. The van der Waals surface area contributed by atoms with Crippen LogP contribution in [0.15, 0.2) is 0 Å². The highest BCUT2D eigenvalue weighted by atomic mass is 16.6. The Morgan fingerprint density at radius 3 is 0.575 bits per heavy atom. The molecule has 0 aromatic carbocycles. The van der Waals surface area contributed by atoms with Gasteiger partial charge in [0.05, 0.1) is 73.7 Å². The van der Waals surface area contributed by atoms with E-state index in [9.17, 15) is 0 Å². The molecule has 24 atom stereocenters. The van der Waals surface area contributed by atoms with Gasteiger partial charge in [-0.05, 0) is 101 Å². The van der Waals surface area contributed by atoms with Gasteiger partial charge in [0.15, 0.2) is 0 Å². The first kappa shape index (κ1) is 63.9. The van der Waals surface area contributed by atoms with Crippen molar-refractivity contribution < 1.29 is 37.9 Å². The van der Waals surface area contributed by atoms with Gasteiger partial charge in [0.1, 0.15) is 24.4 Å². The van der Waals surface area contributed by atoms with Crippen LogP contribution in [0.3, 0.4) is 0 Å². The topological polar surface area (TPSA) is 170 Å². The molecule has 8 N–H and O–H groups in total. The van der Waals surface area contributed by atoms with Crippen LogP contribution in [-0.2, 0) is 37.9 Å². The van der Waals surface area contributed by atoms with Crippen molar-refractivity contribution in [3.63, 3.8) is 0 Å². The molecular formula is C64H120N8O8. The molecule has 4 saturated carbocycles. The Hall–Kier alpha value is -0.640. The normalized spacial score (nSPS) is 42.3. The summed E-state index contributed by atoms with van der Waals surface area (Å²) >= 11 is 0. The van der Waals surface area contributed by atoms with E-state index in [4.69, 9.17) is 37.9 Å². The summed E-state index contributed by atoms with van der Waals surface area (Å²) in [7, 11) is 0. The lowest BCUT2D eigenvalue weighted by molar-refractivity contribution is -0.242. The molecule has 5 aliphatic heterocycles. The van der Waals surface area contributed by atoms with Crippen molar-refractivity contribution in [2.24, 2.45) is 47.3 Å². The van der Waals surface area contributed by atoms with Gasteiger partial charge in [0, 0.05) is 76.5 Å². The smallest absolute Gasteiger partial charge is 0.113 e. The van der Waals surface area contributed by atoms with E-state index in [1.54, 1.807) is 0 Å². The predicted octanol–water partition coefficient (Wildman–Crippen LogP) is 8.97. The third-order valence-corrected chi connectivity index (χ3v) is 20.7. The van der Waals surface area contributed by atoms with Crippen LogP contribution in [0.25, 0.3) is 0 Å². The van der Waals surface area contributed by atoms with E-state index in [2.05, 4.69) is 97.9 Å². The second-order valence-corrected chi connectivity index (χ2v) is 26.2. The molecule has 0 spiro atoms. The van der Waals surface area contributed by atoms with Crippen molar-refractivity contribution in [1.29, 1.82) is 0 Å². The molecular weight excluding hydrogens is 1010 g/mol. The molecule has 5 heterocycles. The molecule has 9 rings (SSSR count). The molecule has 9 aliphatic rings. The molecule has 464 valence electrons. The number of hydrogen-bond donors (Lipinski definition) is 8. The number of rotatable bonds is 32. The fourth-order valence-electron chi connectivity index (χ4n) is 16.5. The van der Waals surface area contributed by atoms with Crippen molar-refractivity contribution in [2.45, 2.75) is 308 Å². The number of ether oxygens (including phenoxy) is 8. The molecule has 16 heteroatoms. The SMILES string of the molecule is CCCCOC1C(OCCCC)C(OCCCC)C2C3NC(NC4NC(NC5NC(NC6NC(N3)C3C(OCCCC)C(OCCCC)C(OCCCC)C(OCCCC)C63)C3CCCCC53)C3CCCCC43)C2C1OCCCC. The van der Waals surface area contributed by atoms with Gasteiger partial charge < -0.3 is 37.9 Å². The van der Waals surface area contributed by atoms with E-state index in [0.717, 1.165) is 103 Å². The van der Waals surface area contributed by atoms with Gasteiger partial charge in [0.2, 0.25) is 0 Å². The van der Waals surface area contributed by atoms with Crippen LogP contribution in [-0.4, -0.2) is 151 Å². The third-order valence-electron chi connectivity index (χ3n) is 20.7. The fraction of sp³-hybridized carbons (Fsp3) is 1.00. The van der Waals surface area contributed by atoms with E-state index in [1.165, 1.54) is 51.4 Å². The molecule has 0 aromatic heterocycles. The highest BCUT2D eigenvalue weighted by molar-refractivity contribution is 5.17. The Morgan fingerprint density at radius 1 is 0.225 bits per heavy atom. The minimum absolute atomic E-state index is 0.00141. The van der Waals surface area contributed by atoms with Gasteiger partial charge in [0.25, 0.3) is 0 Å². The van der Waals surface area contributed by atoms with E-state index < -0.39 is 0 Å². The Balaban J connectivity index is 1.20. The fourth-order valence-corrected chi connectivity index (χ4v) is 16.5. The van der Waals surface area contributed by atoms with Crippen molar-refractivity contribution in [1.82, 2.24) is 42.5 Å². The molecule has 24 unspecified atom stereocenters. The van der Waals surface area contributed by atoms with E-state index >= 15 is 0 Å². The van der Waals surface area contributed by atoms with E-state index in [0.29, 0.717) is 76.5 Å². The van der Waals surface area contributed by atoms with Crippen LogP contribution < -0.4 is 42.5 Å². The van der Waals surface area contributed by atoms with Gasteiger partial charge in [-0.2, -0.15) is 0 Å². The lowest BCUT2D eigenvalue weighted by atomic mass is 9.70. The van der Waals surface area contributed by atoms with E-state index in [-0.39, 0.29) is 122 Å². The molecule has 16 nitrogen and oxygen atoms in total. The van der Waals surface area contributed by atoms with Crippen LogP contribution in [0, 0.1) is 47.3 Å². The van der Waals surface area contributed by atoms with Crippen molar-refractivity contribution in [2.75, 3.05) is 52.9 Å². The quantitative estimate of drug-likeness (QED) is 0.0300. The maximum Gasteiger partial charge on any atom is 0.113 e. The molecule has 0 aromatic rings. The summed E-state index contributed by atoms with van der Waals surface area (Å²) in [5.41, 5.74) is 0. The third kappa shape index (κ3) is 15.0. The average molecular weight is 1130 g/mol. The molecule has 80 heavy (non-hydrogen) atoms. The summed E-state index contributed by atoms with van der Waals surface area (Å²) in [4.78, 5) is 0. The lowest BCUT2D eigenvalue weighted by Crippen LogP contribution is -2.67. The van der Waals surface area contributed by atoms with E-state index in [1.807, 2.05) is 0 Å². The van der Waals surface area contributed by atoms with Gasteiger partial charge in [-0.3, -0.25) is 42.5 Å². The molecule has 0 radical (unpaired) electrons. The Kier molecular flexibility index (Phi) is 26.3. The maximum absolute atomic E-state index is 7.46. The number of fused-ring (bicyclic) bond motifs is 20. The molecule has 5 saturated heterocycles. The van der Waals surface area contributed by atoms with Crippen molar-refractivity contribution in [3.8, 4) is 0 Å². The predicted molar refractivity (Wildman–Crippen MR) is 317 cm³/mol. The Bertz CT molecular complexity index is 1610. The van der Waals surface area contributed by atoms with Gasteiger partial charge in [-0.25, -0.2) is 0 Å². The monoisotopic (exact) mass is 1130 g/mol. The van der Waals surface area contributed by atoms with Gasteiger partial charge in [-0.15, -0.1) is 0 Å². The zero-order valence-electron chi connectivity index (χ0n) is 51.7. The van der Waals surface area contributed by atoms with Crippen LogP contribution in [0.1, 0.15) is 209 Å². The van der Waals surface area contributed by atoms with Crippen LogP contribution in [0.5, 0.6) is 0 Å². The Morgan fingerprint density at radius 2 is 0.388 bits per heavy atom. The minimum atomic E-state index is -0.305. The lowest BCUT2D eigenvalue weighted by Gasteiger charge is -2.51. The zero-order valence-corrected chi connectivity index (χ0v) is 51.7. The molecule has 0 amide bonds. The Labute approximate surface area is 486 Å². The standard InChI is InChI=1S/C64H120N8O8/c1-9-17-33-73-49-45-47(51(75-35-19-11-3)55(79-39-23-15-7)53(49)77-37-21-13-5)63-70-61(45)68-59-43-31-27-25-29-41(43)57(66-59)65-58-42-30-26-28-32-44(42)60(67-58)69-62-46-48(64(71-62)72-63)52(76-36-20-12-4)56(80-40-24-16-8)54(78-38-22-14-6)50(46)74-34-18-10-2/h41-72H,9-40H2,1-8H3. The number of hydrogen-bond acceptors (Lipinski definition) is 16. The van der Waals surface area contributed by atoms with Crippen LogP contribution in [0.2, 0.25) is 0 Å². The number of unbranched alkanes of at least 4 members (excludes halogenated alkanes) is 8. The van der Waals surface area contributed by atoms with Gasteiger partial charge in [-0.1, -0.05) is 132 Å². The number of nitrogens with one attached hydrogen (secondary N) is 8. The summed E-state index contributed by atoms with van der Waals surface area (Å²) in [5, 5.41) is 35.3.